The van der Waals surface area contributed by atoms with Gasteiger partial charge in [0.1, 0.15) is 5.69 Å². The lowest BCUT2D eigenvalue weighted by Crippen LogP contribution is -2.16. The Labute approximate surface area is 183 Å². The van der Waals surface area contributed by atoms with Gasteiger partial charge in [-0.05, 0) is 54.4 Å². The number of nitrogens with zero attached hydrogens (tertiary/aromatic N) is 2. The van der Waals surface area contributed by atoms with Gasteiger partial charge >= 0.3 is 0 Å². The average Bonchev–Trinajstić information content (AvgIpc) is 2.83. The van der Waals surface area contributed by atoms with E-state index in [1.54, 1.807) is 6.07 Å². The molecule has 0 atom stereocenters. The monoisotopic (exact) mass is 410 g/mol. The zero-order valence-corrected chi connectivity index (χ0v) is 17.8. The number of hydrogen-bond acceptors (Lipinski definition) is 4. The van der Waals surface area contributed by atoms with Crippen molar-refractivity contribution >= 4 is 6.29 Å². The maximum Gasteiger partial charge on any atom is 0.174 e. The Balaban J connectivity index is 1.56. The summed E-state index contributed by atoms with van der Waals surface area (Å²) in [5, 5.41) is 8.11. The summed E-state index contributed by atoms with van der Waals surface area (Å²) in [5.41, 5.74) is 5.10. The van der Waals surface area contributed by atoms with Crippen LogP contribution in [-0.2, 0) is 0 Å². The van der Waals surface area contributed by atoms with Crippen molar-refractivity contribution < 1.29 is 9.53 Å². The fraction of sp³-hybridized carbons (Fsp3) is 0.296. The van der Waals surface area contributed by atoms with Crippen LogP contribution in [0.25, 0.3) is 11.1 Å². The molecule has 1 aliphatic carbocycles. The van der Waals surface area contributed by atoms with Crippen LogP contribution < -0.4 is 4.74 Å². The Morgan fingerprint density at radius 3 is 2.58 bits per heavy atom. The van der Waals surface area contributed by atoms with Crippen LogP contribution in [0.3, 0.4) is 0 Å². The SMILES string of the molecule is Cc1c(C#Cc2cc(OCC3CCCCC3)c(C=O)nn2)cccc1-c1ccccc1. The van der Waals surface area contributed by atoms with E-state index < -0.39 is 0 Å². The summed E-state index contributed by atoms with van der Waals surface area (Å²) in [5.74, 6) is 7.31. The van der Waals surface area contributed by atoms with E-state index in [-0.39, 0.29) is 5.69 Å². The molecule has 0 N–H and O–H groups in total. The Morgan fingerprint density at radius 1 is 1.00 bits per heavy atom. The highest BCUT2D eigenvalue weighted by Gasteiger charge is 2.16. The summed E-state index contributed by atoms with van der Waals surface area (Å²) < 4.78 is 5.96. The third kappa shape index (κ3) is 5.19. The first-order valence-corrected chi connectivity index (χ1v) is 10.9. The number of benzene rings is 2. The van der Waals surface area contributed by atoms with E-state index in [4.69, 9.17) is 4.74 Å². The minimum Gasteiger partial charge on any atom is -0.491 e. The highest BCUT2D eigenvalue weighted by atomic mass is 16.5. The highest BCUT2D eigenvalue weighted by molar-refractivity contribution is 5.76. The smallest absolute Gasteiger partial charge is 0.174 e. The van der Waals surface area contributed by atoms with Crippen molar-refractivity contribution in [2.75, 3.05) is 6.61 Å². The number of hydrogen-bond donors (Lipinski definition) is 0. The van der Waals surface area contributed by atoms with Gasteiger partial charge in [0.15, 0.2) is 17.7 Å². The summed E-state index contributed by atoms with van der Waals surface area (Å²) in [6, 6.07) is 18.1. The van der Waals surface area contributed by atoms with Gasteiger partial charge in [0.05, 0.1) is 6.61 Å². The molecule has 1 aromatic heterocycles. The van der Waals surface area contributed by atoms with E-state index in [9.17, 15) is 4.79 Å². The number of carbonyl (C=O) groups is 1. The molecule has 0 spiro atoms. The van der Waals surface area contributed by atoms with Gasteiger partial charge in [-0.3, -0.25) is 4.79 Å². The van der Waals surface area contributed by atoms with Crippen LogP contribution in [0.1, 0.15) is 59.4 Å². The van der Waals surface area contributed by atoms with Crippen molar-refractivity contribution in [2.45, 2.75) is 39.0 Å². The second-order valence-corrected chi connectivity index (χ2v) is 8.01. The summed E-state index contributed by atoms with van der Waals surface area (Å²) in [4.78, 5) is 11.4. The van der Waals surface area contributed by atoms with E-state index in [1.165, 1.54) is 32.1 Å². The first-order chi connectivity index (χ1) is 15.2. The number of rotatable bonds is 5. The number of ether oxygens (including phenoxy) is 1. The normalized spacial score (nSPS) is 13.8. The van der Waals surface area contributed by atoms with Crippen LogP contribution >= 0.6 is 0 Å². The van der Waals surface area contributed by atoms with E-state index >= 15 is 0 Å². The molecule has 0 bridgehead atoms. The molecular formula is C27H26N2O2. The summed E-state index contributed by atoms with van der Waals surface area (Å²) in [7, 11) is 0. The molecule has 1 fully saturated rings. The standard InChI is InChI=1S/C27H26N2O2/c1-20-22(13-8-14-25(20)23-11-6-3-7-12-23)15-16-24-17-27(26(18-30)29-28-24)31-19-21-9-4-2-5-10-21/h3,6-8,11-14,17-18,21H,2,4-5,9-10,19H2,1H3. The molecular weight excluding hydrogens is 384 g/mol. The second-order valence-electron chi connectivity index (χ2n) is 8.01. The number of carbonyl (C=O) groups excluding carboxylic acids is 1. The van der Waals surface area contributed by atoms with E-state index in [1.807, 2.05) is 30.3 Å². The van der Waals surface area contributed by atoms with Crippen LogP contribution in [0, 0.1) is 24.7 Å². The fourth-order valence-corrected chi connectivity index (χ4v) is 4.04. The van der Waals surface area contributed by atoms with Crippen molar-refractivity contribution in [2.24, 2.45) is 5.92 Å². The third-order valence-electron chi connectivity index (χ3n) is 5.84. The second kappa shape index (κ2) is 10.0. The van der Waals surface area contributed by atoms with Crippen molar-refractivity contribution in [3.63, 3.8) is 0 Å². The molecule has 3 aromatic rings. The van der Waals surface area contributed by atoms with Gasteiger partial charge in [-0.1, -0.05) is 67.6 Å². The largest absolute Gasteiger partial charge is 0.491 e. The van der Waals surface area contributed by atoms with Gasteiger partial charge in [0, 0.05) is 11.6 Å². The molecule has 2 aromatic carbocycles. The lowest BCUT2D eigenvalue weighted by molar-refractivity contribution is 0.111. The number of aromatic nitrogens is 2. The van der Waals surface area contributed by atoms with Gasteiger partial charge in [0.2, 0.25) is 0 Å². The molecule has 0 amide bonds. The molecule has 156 valence electrons. The zero-order valence-electron chi connectivity index (χ0n) is 17.8. The molecule has 1 saturated carbocycles. The molecule has 0 aliphatic heterocycles. The van der Waals surface area contributed by atoms with Crippen LogP contribution in [0.2, 0.25) is 0 Å². The highest BCUT2D eigenvalue weighted by Crippen LogP contribution is 2.26. The van der Waals surface area contributed by atoms with Crippen LogP contribution in [0.5, 0.6) is 5.75 Å². The maximum atomic E-state index is 11.4. The van der Waals surface area contributed by atoms with Crippen molar-refractivity contribution in [1.29, 1.82) is 0 Å². The Bertz CT molecular complexity index is 1110. The van der Waals surface area contributed by atoms with Gasteiger partial charge in [-0.2, -0.15) is 0 Å². The molecule has 1 aliphatic rings. The van der Waals surface area contributed by atoms with E-state index in [0.29, 0.717) is 30.3 Å². The summed E-state index contributed by atoms with van der Waals surface area (Å²) in [6.07, 6.45) is 6.85. The molecule has 0 unspecified atom stereocenters. The Hall–Kier alpha value is -3.45. The van der Waals surface area contributed by atoms with Gasteiger partial charge < -0.3 is 4.74 Å². The first-order valence-electron chi connectivity index (χ1n) is 10.9. The molecule has 4 nitrogen and oxygen atoms in total. The van der Waals surface area contributed by atoms with Gasteiger partial charge in [0.25, 0.3) is 0 Å². The minimum absolute atomic E-state index is 0.226. The number of aldehydes is 1. The maximum absolute atomic E-state index is 11.4. The summed E-state index contributed by atoms with van der Waals surface area (Å²) >= 11 is 0. The van der Waals surface area contributed by atoms with Crippen LogP contribution in [-0.4, -0.2) is 23.1 Å². The van der Waals surface area contributed by atoms with Gasteiger partial charge in [-0.15, -0.1) is 10.2 Å². The molecule has 0 saturated heterocycles. The molecule has 31 heavy (non-hydrogen) atoms. The van der Waals surface area contributed by atoms with Crippen LogP contribution in [0.4, 0.5) is 0 Å². The lowest BCUT2D eigenvalue weighted by Gasteiger charge is -2.21. The summed E-state index contributed by atoms with van der Waals surface area (Å²) in [6.45, 7) is 2.68. The Morgan fingerprint density at radius 2 is 1.81 bits per heavy atom. The average molecular weight is 411 g/mol. The molecule has 0 radical (unpaired) electrons. The van der Waals surface area contributed by atoms with E-state index in [2.05, 4.69) is 47.2 Å². The van der Waals surface area contributed by atoms with Crippen LogP contribution in [0.15, 0.2) is 54.6 Å². The minimum atomic E-state index is 0.226. The topological polar surface area (TPSA) is 52.1 Å². The first kappa shape index (κ1) is 20.8. The predicted molar refractivity (Wildman–Crippen MR) is 122 cm³/mol. The van der Waals surface area contributed by atoms with Gasteiger partial charge in [-0.25, -0.2) is 0 Å². The Kier molecular flexibility index (Phi) is 6.74. The third-order valence-corrected chi connectivity index (χ3v) is 5.84. The van der Waals surface area contributed by atoms with Crippen molar-refractivity contribution in [1.82, 2.24) is 10.2 Å². The predicted octanol–water partition coefficient (Wildman–Crippen LogP) is 5.62. The molecule has 4 rings (SSSR count). The van der Waals surface area contributed by atoms with Crippen molar-refractivity contribution in [3.8, 4) is 28.7 Å². The van der Waals surface area contributed by atoms with E-state index in [0.717, 1.165) is 22.3 Å². The lowest BCUT2D eigenvalue weighted by atomic mass is 9.90. The molecule has 4 heteroatoms. The zero-order chi connectivity index (χ0) is 21.5. The quantitative estimate of drug-likeness (QED) is 0.404. The fourth-order valence-electron chi connectivity index (χ4n) is 4.04. The molecule has 1 heterocycles. The van der Waals surface area contributed by atoms with Crippen molar-refractivity contribution in [3.05, 3.63) is 77.1 Å².